The third-order valence-electron chi connectivity index (χ3n) is 3.51. The maximum absolute atomic E-state index is 12.1. The Labute approximate surface area is 149 Å². The molecule has 0 radical (unpaired) electrons. The van der Waals surface area contributed by atoms with Gasteiger partial charge in [0, 0.05) is 36.3 Å². The topological polar surface area (TPSA) is 92.6 Å². The fourth-order valence-corrected chi connectivity index (χ4v) is 2.32. The first-order valence-corrected chi connectivity index (χ1v) is 7.76. The molecule has 0 saturated carbocycles. The maximum atomic E-state index is 12.1. The molecule has 0 atom stereocenters. The van der Waals surface area contributed by atoms with Gasteiger partial charge < -0.3 is 10.2 Å². The van der Waals surface area contributed by atoms with Crippen LogP contribution in [0.5, 0.6) is 0 Å². The first kappa shape index (κ1) is 18.4. The Morgan fingerprint density at radius 3 is 2.60 bits per heavy atom. The number of benzene rings is 2. The van der Waals surface area contributed by atoms with Gasteiger partial charge in [0.1, 0.15) is 0 Å². The third kappa shape index (κ3) is 5.02. The Morgan fingerprint density at radius 1 is 1.20 bits per heavy atom. The number of rotatable bonds is 6. The Balaban J connectivity index is 1.92. The molecule has 0 unspecified atom stereocenters. The molecule has 0 spiro atoms. The van der Waals surface area contributed by atoms with E-state index in [1.807, 2.05) is 12.1 Å². The van der Waals surface area contributed by atoms with E-state index in [2.05, 4.69) is 5.32 Å². The van der Waals surface area contributed by atoms with Gasteiger partial charge in [-0.1, -0.05) is 35.9 Å². The summed E-state index contributed by atoms with van der Waals surface area (Å²) >= 11 is 6.06. The Bertz CT molecular complexity index is 810. The van der Waals surface area contributed by atoms with Crippen molar-refractivity contribution in [2.45, 2.75) is 6.54 Å². The predicted molar refractivity (Wildman–Crippen MR) is 93.4 cm³/mol. The zero-order valence-corrected chi connectivity index (χ0v) is 14.2. The van der Waals surface area contributed by atoms with Crippen LogP contribution in [-0.2, 0) is 11.3 Å². The zero-order valence-electron chi connectivity index (χ0n) is 13.4. The van der Waals surface area contributed by atoms with Crippen LogP contribution < -0.4 is 5.32 Å². The van der Waals surface area contributed by atoms with Gasteiger partial charge >= 0.3 is 0 Å². The molecule has 2 aromatic rings. The van der Waals surface area contributed by atoms with Crippen molar-refractivity contribution in [3.8, 4) is 0 Å². The number of amides is 2. The average Bonchev–Trinajstić information content (AvgIpc) is 2.61. The Hall–Kier alpha value is -2.93. The van der Waals surface area contributed by atoms with E-state index >= 15 is 0 Å². The van der Waals surface area contributed by atoms with E-state index in [1.165, 1.54) is 23.1 Å². The average molecular weight is 362 g/mol. The van der Waals surface area contributed by atoms with Gasteiger partial charge in [-0.3, -0.25) is 19.7 Å². The molecule has 25 heavy (non-hydrogen) atoms. The molecule has 7 nitrogen and oxygen atoms in total. The molecule has 8 heteroatoms. The van der Waals surface area contributed by atoms with Gasteiger partial charge in [-0.25, -0.2) is 0 Å². The summed E-state index contributed by atoms with van der Waals surface area (Å²) in [5.41, 5.74) is 0.732. The van der Waals surface area contributed by atoms with E-state index in [4.69, 9.17) is 11.6 Å². The number of halogens is 1. The molecule has 0 aliphatic rings. The second-order valence-electron chi connectivity index (χ2n) is 5.33. The highest BCUT2D eigenvalue weighted by molar-refractivity contribution is 6.31. The number of non-ortho nitro benzene ring substituents is 1. The molecule has 2 rings (SSSR count). The lowest BCUT2D eigenvalue weighted by Crippen LogP contribution is -2.37. The van der Waals surface area contributed by atoms with Crippen LogP contribution in [0.1, 0.15) is 15.9 Å². The van der Waals surface area contributed by atoms with Gasteiger partial charge in [0.05, 0.1) is 11.5 Å². The number of nitro benzene ring substituents is 1. The second kappa shape index (κ2) is 8.25. The van der Waals surface area contributed by atoms with E-state index in [1.54, 1.807) is 19.2 Å². The van der Waals surface area contributed by atoms with Crippen molar-refractivity contribution in [2.24, 2.45) is 0 Å². The van der Waals surface area contributed by atoms with Gasteiger partial charge in [-0.2, -0.15) is 0 Å². The molecule has 1 N–H and O–H groups in total. The summed E-state index contributed by atoms with van der Waals surface area (Å²) in [4.78, 5) is 35.8. The highest BCUT2D eigenvalue weighted by Gasteiger charge is 2.15. The van der Waals surface area contributed by atoms with Crippen LogP contribution in [0.15, 0.2) is 48.5 Å². The van der Waals surface area contributed by atoms with E-state index < -0.39 is 10.8 Å². The minimum atomic E-state index is -0.584. The number of likely N-dealkylation sites (N-methyl/N-ethyl adjacent to an activating group) is 1. The van der Waals surface area contributed by atoms with Gasteiger partial charge in [-0.15, -0.1) is 0 Å². The van der Waals surface area contributed by atoms with Crippen LogP contribution in [0.4, 0.5) is 5.69 Å². The van der Waals surface area contributed by atoms with Crippen LogP contribution in [0, 0.1) is 10.1 Å². The van der Waals surface area contributed by atoms with Crippen molar-refractivity contribution in [3.05, 3.63) is 74.8 Å². The van der Waals surface area contributed by atoms with Crippen LogP contribution in [0.2, 0.25) is 5.02 Å². The van der Waals surface area contributed by atoms with E-state index in [-0.39, 0.29) is 23.7 Å². The van der Waals surface area contributed by atoms with Crippen LogP contribution >= 0.6 is 11.6 Å². The van der Waals surface area contributed by atoms with Crippen LogP contribution in [0.25, 0.3) is 0 Å². The van der Waals surface area contributed by atoms with Gasteiger partial charge in [0.15, 0.2) is 0 Å². The van der Waals surface area contributed by atoms with E-state index in [9.17, 15) is 19.7 Å². The normalized spacial score (nSPS) is 10.2. The summed E-state index contributed by atoms with van der Waals surface area (Å²) in [6.07, 6.45) is 0. The van der Waals surface area contributed by atoms with Crippen molar-refractivity contribution in [3.63, 3.8) is 0 Å². The SMILES string of the molecule is CN(Cc1ccccc1Cl)C(=O)CNC(=O)c1cccc([N+](=O)[O-])c1. The second-order valence-corrected chi connectivity index (χ2v) is 5.74. The standard InChI is InChI=1S/C17H16ClN3O4/c1-20(11-13-5-2-3-8-15(13)18)16(22)10-19-17(23)12-6-4-7-14(9-12)21(24)25/h2-9H,10-11H2,1H3,(H,19,23). The number of nitro groups is 1. The first-order chi connectivity index (χ1) is 11.9. The zero-order chi connectivity index (χ0) is 18.4. The van der Waals surface area contributed by atoms with Crippen molar-refractivity contribution in [2.75, 3.05) is 13.6 Å². The minimum absolute atomic E-state index is 0.121. The quantitative estimate of drug-likeness (QED) is 0.632. The van der Waals surface area contributed by atoms with Crippen molar-refractivity contribution in [1.82, 2.24) is 10.2 Å². The fraction of sp³-hybridized carbons (Fsp3) is 0.176. The maximum Gasteiger partial charge on any atom is 0.270 e. The molecule has 2 amide bonds. The minimum Gasteiger partial charge on any atom is -0.343 e. The number of carbonyl (C=O) groups excluding carboxylic acids is 2. The smallest absolute Gasteiger partial charge is 0.270 e. The first-order valence-electron chi connectivity index (χ1n) is 7.38. The van der Waals surface area contributed by atoms with Crippen LogP contribution in [0.3, 0.4) is 0 Å². The molecule has 2 aromatic carbocycles. The number of hydrogen-bond acceptors (Lipinski definition) is 4. The number of hydrogen-bond donors (Lipinski definition) is 1. The summed E-state index contributed by atoms with van der Waals surface area (Å²) in [6.45, 7) is 0.0909. The van der Waals surface area contributed by atoms with Crippen molar-refractivity contribution < 1.29 is 14.5 Å². The molecule has 0 aliphatic carbocycles. The molecule has 0 aliphatic heterocycles. The summed E-state index contributed by atoms with van der Waals surface area (Å²) in [5.74, 6) is -0.859. The lowest BCUT2D eigenvalue weighted by atomic mass is 10.2. The molecular weight excluding hydrogens is 346 g/mol. The predicted octanol–water partition coefficient (Wildman–Crippen LogP) is 2.64. The fourth-order valence-electron chi connectivity index (χ4n) is 2.12. The van der Waals surface area contributed by atoms with Gasteiger partial charge in [0.2, 0.25) is 5.91 Å². The number of nitrogens with one attached hydrogen (secondary N) is 1. The molecular formula is C17H16ClN3O4. The van der Waals surface area contributed by atoms with E-state index in [0.717, 1.165) is 11.6 Å². The van der Waals surface area contributed by atoms with Crippen LogP contribution in [-0.4, -0.2) is 35.2 Å². The molecule has 0 saturated heterocycles. The van der Waals surface area contributed by atoms with Gasteiger partial charge in [-0.05, 0) is 17.7 Å². The monoisotopic (exact) mass is 361 g/mol. The van der Waals surface area contributed by atoms with Crippen molar-refractivity contribution in [1.29, 1.82) is 0 Å². The molecule has 0 bridgehead atoms. The highest BCUT2D eigenvalue weighted by atomic mass is 35.5. The Morgan fingerprint density at radius 2 is 1.92 bits per heavy atom. The summed E-state index contributed by atoms with van der Waals surface area (Å²) in [5, 5.41) is 13.8. The lowest BCUT2D eigenvalue weighted by molar-refractivity contribution is -0.384. The summed E-state index contributed by atoms with van der Waals surface area (Å²) < 4.78 is 0. The van der Waals surface area contributed by atoms with E-state index in [0.29, 0.717) is 11.6 Å². The molecule has 0 aromatic heterocycles. The summed E-state index contributed by atoms with van der Waals surface area (Å²) in [6, 6.07) is 12.5. The third-order valence-corrected chi connectivity index (χ3v) is 3.88. The lowest BCUT2D eigenvalue weighted by Gasteiger charge is -2.18. The summed E-state index contributed by atoms with van der Waals surface area (Å²) in [7, 11) is 1.60. The van der Waals surface area contributed by atoms with Crippen molar-refractivity contribution >= 4 is 29.1 Å². The highest BCUT2D eigenvalue weighted by Crippen LogP contribution is 2.16. The largest absolute Gasteiger partial charge is 0.343 e. The molecule has 0 fully saturated rings. The Kier molecular flexibility index (Phi) is 6.08. The number of carbonyl (C=O) groups is 2. The molecule has 130 valence electrons. The molecule has 0 heterocycles. The van der Waals surface area contributed by atoms with Gasteiger partial charge in [0.25, 0.3) is 11.6 Å². The number of nitrogens with zero attached hydrogens (tertiary/aromatic N) is 2.